The van der Waals surface area contributed by atoms with E-state index in [2.05, 4.69) is 81.9 Å². The molecule has 0 fully saturated rings. The van der Waals surface area contributed by atoms with Crippen LogP contribution in [0, 0.1) is 23.7 Å². The van der Waals surface area contributed by atoms with Crippen LogP contribution in [0.4, 0.5) is 0 Å². The fourth-order valence-corrected chi connectivity index (χ4v) is 4.05. The normalized spacial score (nSPS) is 17.0. The summed E-state index contributed by atoms with van der Waals surface area (Å²) in [5, 5.41) is 0. The van der Waals surface area contributed by atoms with E-state index < -0.39 is 0 Å². The molecule has 2 nitrogen and oxygen atoms in total. The van der Waals surface area contributed by atoms with E-state index >= 15 is 0 Å². The molecule has 0 saturated carbocycles. The molecule has 3 heterocycles. The minimum atomic E-state index is 0.991. The van der Waals surface area contributed by atoms with Crippen LogP contribution < -0.4 is 9.13 Å². The van der Waals surface area contributed by atoms with Crippen molar-refractivity contribution < 1.29 is 9.13 Å². The Hall–Kier alpha value is -2.58. The van der Waals surface area contributed by atoms with Crippen molar-refractivity contribution in [3.63, 3.8) is 0 Å². The molecule has 0 spiro atoms. The van der Waals surface area contributed by atoms with E-state index in [1.54, 1.807) is 0 Å². The van der Waals surface area contributed by atoms with Crippen molar-refractivity contribution in [3.05, 3.63) is 60.2 Å². The van der Waals surface area contributed by atoms with Crippen LogP contribution >= 0.6 is 0 Å². The van der Waals surface area contributed by atoms with Crippen molar-refractivity contribution >= 4 is 0 Å². The third-order valence-electron chi connectivity index (χ3n) is 5.87. The molecule has 1 aliphatic rings. The smallest absolute Gasteiger partial charge is 0.184 e. The molecular weight excluding hydrogens is 376 g/mol. The van der Waals surface area contributed by atoms with Gasteiger partial charge >= 0.3 is 0 Å². The number of hydrogen-bond donors (Lipinski definition) is 0. The Kier molecular flexibility index (Phi) is 10.7. The fraction of sp³-hybridized carbons (Fsp3) is 0.517. The molecule has 0 amide bonds. The summed E-state index contributed by atoms with van der Waals surface area (Å²) in [6, 6.07) is 8.52. The summed E-state index contributed by atoms with van der Waals surface area (Å²) in [5.74, 6) is 13.4. The van der Waals surface area contributed by atoms with Gasteiger partial charge in [0.2, 0.25) is 0 Å². The summed E-state index contributed by atoms with van der Waals surface area (Å²) in [6.45, 7) is 2.20. The summed E-state index contributed by atoms with van der Waals surface area (Å²) >= 11 is 0. The maximum atomic E-state index is 3.36. The number of aromatic nitrogens is 2. The van der Waals surface area contributed by atoms with Crippen molar-refractivity contribution in [2.45, 2.75) is 96.6 Å². The Morgan fingerprint density at radius 3 is 1.42 bits per heavy atom. The first-order valence-corrected chi connectivity index (χ1v) is 12.4. The van der Waals surface area contributed by atoms with Crippen LogP contribution in [-0.4, -0.2) is 0 Å². The number of rotatable bonds is 0. The van der Waals surface area contributed by atoms with Gasteiger partial charge < -0.3 is 0 Å². The number of aryl methyl sites for hydroxylation is 2. The lowest BCUT2D eigenvalue weighted by molar-refractivity contribution is -0.697. The van der Waals surface area contributed by atoms with Crippen LogP contribution in [0.3, 0.4) is 0 Å². The van der Waals surface area contributed by atoms with Crippen LogP contribution in [0.15, 0.2) is 49.1 Å². The van der Waals surface area contributed by atoms with E-state index in [0.29, 0.717) is 0 Å². The molecule has 4 bridgehead atoms. The lowest BCUT2D eigenvalue weighted by atomic mass is 10.1. The van der Waals surface area contributed by atoms with Crippen molar-refractivity contribution in [3.8, 4) is 23.7 Å². The minimum Gasteiger partial charge on any atom is -0.204 e. The molecule has 0 aromatic carbocycles. The lowest BCUT2D eigenvalue weighted by Gasteiger charge is -2.01. The van der Waals surface area contributed by atoms with Gasteiger partial charge in [-0.15, -0.1) is 0 Å². The van der Waals surface area contributed by atoms with E-state index in [0.717, 1.165) is 37.1 Å². The summed E-state index contributed by atoms with van der Waals surface area (Å²) in [6.07, 6.45) is 24.8. The van der Waals surface area contributed by atoms with Gasteiger partial charge in [0.25, 0.3) is 0 Å². The Balaban J connectivity index is 1.52. The molecule has 31 heavy (non-hydrogen) atoms. The quantitative estimate of drug-likeness (QED) is 0.383. The molecule has 2 aromatic rings. The largest absolute Gasteiger partial charge is 0.204 e. The van der Waals surface area contributed by atoms with E-state index in [4.69, 9.17) is 0 Å². The molecule has 1 aliphatic heterocycles. The van der Waals surface area contributed by atoms with Crippen LogP contribution in [0.5, 0.6) is 0 Å². The van der Waals surface area contributed by atoms with Crippen molar-refractivity contribution in [1.29, 1.82) is 0 Å². The second kappa shape index (κ2) is 14.4. The predicted molar refractivity (Wildman–Crippen MR) is 127 cm³/mol. The summed E-state index contributed by atoms with van der Waals surface area (Å²) < 4.78 is 4.61. The number of nitrogens with zero attached hydrogens (tertiary/aromatic N) is 2. The zero-order valence-electron chi connectivity index (χ0n) is 19.1. The maximum Gasteiger partial charge on any atom is 0.184 e. The van der Waals surface area contributed by atoms with Gasteiger partial charge in [-0.3, -0.25) is 0 Å². The van der Waals surface area contributed by atoms with Gasteiger partial charge in [0.05, 0.1) is 11.1 Å². The maximum absolute atomic E-state index is 3.36. The van der Waals surface area contributed by atoms with E-state index in [-0.39, 0.29) is 0 Å². The van der Waals surface area contributed by atoms with Gasteiger partial charge in [0, 0.05) is 37.8 Å². The van der Waals surface area contributed by atoms with Gasteiger partial charge in [0.1, 0.15) is 13.1 Å². The Labute approximate surface area is 189 Å². The molecule has 0 atom stereocenters. The highest BCUT2D eigenvalue weighted by molar-refractivity contribution is 5.30. The highest BCUT2D eigenvalue weighted by Gasteiger charge is 2.03. The topological polar surface area (TPSA) is 7.76 Å². The molecule has 3 rings (SSSR count). The van der Waals surface area contributed by atoms with Crippen LogP contribution in [0.2, 0.25) is 0 Å². The molecule has 2 heteroatoms. The minimum absolute atomic E-state index is 0.991. The fourth-order valence-electron chi connectivity index (χ4n) is 4.05. The SMILES string of the molecule is C1#Cc2ccc[n+](c2)CCCCCCCCC[n+]2cccc(c2)C#CCCCCCC1. The van der Waals surface area contributed by atoms with Gasteiger partial charge in [-0.05, 0) is 37.8 Å². The van der Waals surface area contributed by atoms with Crippen molar-refractivity contribution in [2.24, 2.45) is 0 Å². The third-order valence-corrected chi connectivity index (χ3v) is 5.87. The molecule has 0 N–H and O–H groups in total. The van der Waals surface area contributed by atoms with Crippen molar-refractivity contribution in [2.75, 3.05) is 0 Å². The molecular formula is C29H38N2+2. The molecule has 0 radical (unpaired) electrons. The first kappa shape index (κ1) is 23.1. The van der Waals surface area contributed by atoms with Crippen LogP contribution in [0.1, 0.15) is 94.6 Å². The number of pyridine rings is 2. The summed E-state index contributed by atoms with van der Waals surface area (Å²) in [4.78, 5) is 0. The Bertz CT molecular complexity index is 832. The first-order chi connectivity index (χ1) is 15.4. The summed E-state index contributed by atoms with van der Waals surface area (Å²) in [7, 11) is 0. The molecule has 162 valence electrons. The van der Waals surface area contributed by atoms with E-state index in [9.17, 15) is 0 Å². The third kappa shape index (κ3) is 9.85. The highest BCUT2D eigenvalue weighted by atomic mass is 14.9. The van der Waals surface area contributed by atoms with Crippen LogP contribution in [-0.2, 0) is 13.1 Å². The average molecular weight is 415 g/mol. The van der Waals surface area contributed by atoms with Crippen LogP contribution in [0.25, 0.3) is 0 Å². The van der Waals surface area contributed by atoms with Gasteiger partial charge in [0.15, 0.2) is 24.8 Å². The number of hydrogen-bond acceptors (Lipinski definition) is 0. The molecule has 0 saturated heterocycles. The second-order valence-electron chi connectivity index (χ2n) is 8.65. The Morgan fingerprint density at radius 1 is 0.516 bits per heavy atom. The zero-order valence-corrected chi connectivity index (χ0v) is 19.1. The average Bonchev–Trinajstić information content (AvgIpc) is 2.79. The van der Waals surface area contributed by atoms with Gasteiger partial charge in [-0.2, -0.15) is 0 Å². The van der Waals surface area contributed by atoms with Gasteiger partial charge in [-0.1, -0.05) is 55.8 Å². The monoisotopic (exact) mass is 414 g/mol. The molecule has 0 unspecified atom stereocenters. The zero-order chi connectivity index (χ0) is 21.4. The van der Waals surface area contributed by atoms with E-state index in [1.807, 2.05) is 0 Å². The predicted octanol–water partition coefficient (Wildman–Crippen LogP) is 5.75. The van der Waals surface area contributed by atoms with Gasteiger partial charge in [-0.25, -0.2) is 9.13 Å². The molecule has 2 aromatic heterocycles. The number of fused-ring (bicyclic) bond motifs is 4. The van der Waals surface area contributed by atoms with E-state index in [1.165, 1.54) is 70.6 Å². The lowest BCUT2D eigenvalue weighted by Crippen LogP contribution is -2.33. The Morgan fingerprint density at radius 2 is 0.935 bits per heavy atom. The standard InChI is InChI=1S/C29H38N2/c1-2-5-9-13-19-29-21-17-25-31(27-29)23-15-11-7-3-6-10-14-22-30-24-16-20-28(26-30)18-12-8-4-1/h16-17,20-21,24-27H,1-11,14-15,22-23H2/q+2. The highest BCUT2D eigenvalue weighted by Crippen LogP contribution is 2.08. The summed E-state index contributed by atoms with van der Waals surface area (Å²) in [5.41, 5.74) is 2.29. The second-order valence-corrected chi connectivity index (χ2v) is 8.65. The van der Waals surface area contributed by atoms with Crippen molar-refractivity contribution in [1.82, 2.24) is 0 Å². The first-order valence-electron chi connectivity index (χ1n) is 12.4. The molecule has 0 aliphatic carbocycles.